The van der Waals surface area contributed by atoms with Gasteiger partial charge in [0.25, 0.3) is 0 Å². The van der Waals surface area contributed by atoms with Gasteiger partial charge in [0, 0.05) is 31.2 Å². The lowest BCUT2D eigenvalue weighted by Gasteiger charge is -2.57. The molecule has 1 aromatic rings. The number of halogens is 1. The highest BCUT2D eigenvalue weighted by Gasteiger charge is 2.55. The molecule has 136 valence electrons. The molecular weight excluding hydrogens is 419 g/mol. The van der Waals surface area contributed by atoms with Gasteiger partial charge in [0.05, 0.1) is 12.6 Å². The summed E-state index contributed by atoms with van der Waals surface area (Å²) < 4.78 is 10.9. The first-order valence-corrected chi connectivity index (χ1v) is 8.76. The minimum absolute atomic E-state index is 0. The largest absolute Gasteiger partial charge is 0.378 e. The van der Waals surface area contributed by atoms with Crippen molar-refractivity contribution < 1.29 is 9.26 Å². The standard InChI is InChI=1S/C17H28N4O2.HI/c1-3-22-15-11-14(17(15)8-5-4-6-9-17)20-16(18-2)19-12-13-7-10-23-21-13;/h7,10,14-15H,3-6,8-9,11-12H2,1-2H3,(H2,18,19,20);1H. The molecule has 2 aliphatic carbocycles. The molecule has 3 rings (SSSR count). The summed E-state index contributed by atoms with van der Waals surface area (Å²) in [5.41, 5.74) is 1.17. The van der Waals surface area contributed by atoms with E-state index in [9.17, 15) is 0 Å². The van der Waals surface area contributed by atoms with E-state index in [0.29, 0.717) is 24.1 Å². The number of guanidine groups is 1. The second-order valence-electron chi connectivity index (χ2n) is 6.59. The molecule has 2 N–H and O–H groups in total. The molecule has 2 saturated carbocycles. The number of hydrogen-bond donors (Lipinski definition) is 2. The van der Waals surface area contributed by atoms with Gasteiger partial charge in [-0.1, -0.05) is 24.4 Å². The Morgan fingerprint density at radius 2 is 2.21 bits per heavy atom. The molecule has 0 aliphatic heterocycles. The predicted molar refractivity (Wildman–Crippen MR) is 105 cm³/mol. The first kappa shape index (κ1) is 19.5. The van der Waals surface area contributed by atoms with Crippen LogP contribution < -0.4 is 10.6 Å². The van der Waals surface area contributed by atoms with Gasteiger partial charge in [-0.2, -0.15) is 0 Å². The number of hydrogen-bond acceptors (Lipinski definition) is 4. The molecule has 0 radical (unpaired) electrons. The van der Waals surface area contributed by atoms with Crippen LogP contribution in [0.3, 0.4) is 0 Å². The zero-order valence-corrected chi connectivity index (χ0v) is 16.9. The normalized spacial score (nSPS) is 25.7. The maximum atomic E-state index is 6.01. The van der Waals surface area contributed by atoms with Gasteiger partial charge in [-0.25, -0.2) is 0 Å². The summed E-state index contributed by atoms with van der Waals surface area (Å²) in [4.78, 5) is 4.35. The van der Waals surface area contributed by atoms with E-state index in [1.807, 2.05) is 13.1 Å². The Kier molecular flexibility index (Phi) is 7.34. The third-order valence-corrected chi connectivity index (χ3v) is 5.40. The summed E-state index contributed by atoms with van der Waals surface area (Å²) in [6.45, 7) is 3.51. The van der Waals surface area contributed by atoms with Crippen molar-refractivity contribution in [1.29, 1.82) is 0 Å². The average molecular weight is 448 g/mol. The molecule has 0 saturated heterocycles. The van der Waals surface area contributed by atoms with Crippen LogP contribution in [-0.2, 0) is 11.3 Å². The molecule has 2 fully saturated rings. The zero-order chi connectivity index (χ0) is 16.1. The van der Waals surface area contributed by atoms with Crippen LogP contribution in [0.2, 0.25) is 0 Å². The van der Waals surface area contributed by atoms with Gasteiger partial charge in [-0.15, -0.1) is 24.0 Å². The van der Waals surface area contributed by atoms with Crippen molar-refractivity contribution in [3.63, 3.8) is 0 Å². The van der Waals surface area contributed by atoms with E-state index >= 15 is 0 Å². The van der Waals surface area contributed by atoms with Crippen molar-refractivity contribution in [3.8, 4) is 0 Å². The Labute approximate surface area is 161 Å². The fourth-order valence-electron chi connectivity index (χ4n) is 4.13. The maximum absolute atomic E-state index is 6.01. The average Bonchev–Trinajstić information content (AvgIpc) is 3.11. The van der Waals surface area contributed by atoms with Crippen molar-refractivity contribution in [2.24, 2.45) is 10.4 Å². The quantitative estimate of drug-likeness (QED) is 0.412. The first-order valence-electron chi connectivity index (χ1n) is 8.76. The number of nitrogens with zero attached hydrogens (tertiary/aromatic N) is 2. The summed E-state index contributed by atoms with van der Waals surface area (Å²) in [5, 5.41) is 10.8. The molecule has 0 bridgehead atoms. The van der Waals surface area contributed by atoms with Crippen LogP contribution in [0.15, 0.2) is 21.8 Å². The highest BCUT2D eigenvalue weighted by Crippen LogP contribution is 2.53. The van der Waals surface area contributed by atoms with Gasteiger partial charge in [-0.05, 0) is 26.2 Å². The predicted octanol–water partition coefficient (Wildman–Crippen LogP) is 3.09. The number of ether oxygens (including phenoxy) is 1. The van der Waals surface area contributed by atoms with E-state index in [1.54, 1.807) is 6.26 Å². The van der Waals surface area contributed by atoms with Crippen molar-refractivity contribution in [2.75, 3.05) is 13.7 Å². The fourth-order valence-corrected chi connectivity index (χ4v) is 4.13. The van der Waals surface area contributed by atoms with E-state index in [2.05, 4.69) is 27.7 Å². The van der Waals surface area contributed by atoms with Gasteiger partial charge < -0.3 is 19.9 Å². The summed E-state index contributed by atoms with van der Waals surface area (Å²) in [7, 11) is 1.81. The number of nitrogens with one attached hydrogen (secondary N) is 2. The van der Waals surface area contributed by atoms with Gasteiger partial charge >= 0.3 is 0 Å². The first-order chi connectivity index (χ1) is 11.3. The molecule has 0 amide bonds. The fraction of sp³-hybridized carbons (Fsp3) is 0.765. The maximum Gasteiger partial charge on any atom is 0.191 e. The third kappa shape index (κ3) is 4.04. The molecule has 2 atom stereocenters. The monoisotopic (exact) mass is 448 g/mol. The summed E-state index contributed by atoms with van der Waals surface area (Å²) in [5.74, 6) is 0.831. The highest BCUT2D eigenvalue weighted by molar-refractivity contribution is 14.0. The van der Waals surface area contributed by atoms with E-state index in [0.717, 1.165) is 24.7 Å². The Hall–Kier alpha value is -0.830. The Morgan fingerprint density at radius 1 is 1.42 bits per heavy atom. The molecule has 1 heterocycles. The molecule has 2 aliphatic rings. The molecule has 24 heavy (non-hydrogen) atoms. The minimum Gasteiger partial charge on any atom is -0.378 e. The van der Waals surface area contributed by atoms with Crippen molar-refractivity contribution in [2.45, 2.75) is 64.1 Å². The van der Waals surface area contributed by atoms with Crippen LogP contribution in [0.4, 0.5) is 0 Å². The van der Waals surface area contributed by atoms with Crippen LogP contribution in [0.1, 0.15) is 51.1 Å². The van der Waals surface area contributed by atoms with E-state index in [4.69, 9.17) is 9.26 Å². The van der Waals surface area contributed by atoms with Crippen LogP contribution in [-0.4, -0.2) is 36.9 Å². The van der Waals surface area contributed by atoms with Gasteiger partial charge in [0.1, 0.15) is 12.0 Å². The van der Waals surface area contributed by atoms with E-state index in [1.165, 1.54) is 32.1 Å². The zero-order valence-electron chi connectivity index (χ0n) is 14.6. The summed E-state index contributed by atoms with van der Waals surface area (Å²) in [6, 6.07) is 2.31. The smallest absolute Gasteiger partial charge is 0.191 e. The van der Waals surface area contributed by atoms with Gasteiger partial charge in [-0.3, -0.25) is 4.99 Å². The van der Waals surface area contributed by atoms with Crippen LogP contribution >= 0.6 is 24.0 Å². The Morgan fingerprint density at radius 3 is 2.83 bits per heavy atom. The van der Waals surface area contributed by atoms with Crippen LogP contribution in [0.5, 0.6) is 0 Å². The van der Waals surface area contributed by atoms with Gasteiger partial charge in [0.15, 0.2) is 5.96 Å². The van der Waals surface area contributed by atoms with E-state index in [-0.39, 0.29) is 24.0 Å². The van der Waals surface area contributed by atoms with Crippen LogP contribution in [0, 0.1) is 5.41 Å². The van der Waals surface area contributed by atoms with Gasteiger partial charge in [0.2, 0.25) is 0 Å². The molecular formula is C17H29IN4O2. The summed E-state index contributed by atoms with van der Waals surface area (Å²) in [6.07, 6.45) is 9.55. The molecule has 1 spiro atoms. The third-order valence-electron chi connectivity index (χ3n) is 5.40. The number of aliphatic imine (C=N–C) groups is 1. The second kappa shape index (κ2) is 9.03. The molecule has 7 heteroatoms. The molecule has 6 nitrogen and oxygen atoms in total. The highest BCUT2D eigenvalue weighted by atomic mass is 127. The summed E-state index contributed by atoms with van der Waals surface area (Å²) >= 11 is 0. The molecule has 2 unspecified atom stereocenters. The molecule has 0 aromatic carbocycles. The number of rotatable bonds is 5. The lowest BCUT2D eigenvalue weighted by atomic mass is 9.55. The lowest BCUT2D eigenvalue weighted by molar-refractivity contribution is -0.145. The van der Waals surface area contributed by atoms with Crippen molar-refractivity contribution >= 4 is 29.9 Å². The van der Waals surface area contributed by atoms with Crippen molar-refractivity contribution in [3.05, 3.63) is 18.0 Å². The second-order valence-corrected chi connectivity index (χ2v) is 6.59. The van der Waals surface area contributed by atoms with E-state index < -0.39 is 0 Å². The van der Waals surface area contributed by atoms with Crippen molar-refractivity contribution in [1.82, 2.24) is 15.8 Å². The number of aromatic nitrogens is 1. The Bertz CT molecular complexity index is 515. The van der Waals surface area contributed by atoms with Crippen LogP contribution in [0.25, 0.3) is 0 Å². The lowest BCUT2D eigenvalue weighted by Crippen LogP contribution is -2.66. The SMILES string of the molecule is CCOC1CC(NC(=NC)NCc2ccon2)C12CCCCC2.I. The topological polar surface area (TPSA) is 71.7 Å². The minimum atomic E-state index is 0. The molecule has 1 aromatic heterocycles. The Balaban J connectivity index is 0.00000208.